The molecule has 3 rings (SSSR count). The lowest BCUT2D eigenvalue weighted by atomic mass is 10.1. The summed E-state index contributed by atoms with van der Waals surface area (Å²) in [7, 11) is 0. The molecular weight excluding hydrogens is 394 g/mol. The van der Waals surface area contributed by atoms with Crippen LogP contribution in [0.15, 0.2) is 53.9 Å². The van der Waals surface area contributed by atoms with Gasteiger partial charge in [0.2, 0.25) is 5.91 Å². The number of nitrogens with zero attached hydrogens (tertiary/aromatic N) is 4. The summed E-state index contributed by atoms with van der Waals surface area (Å²) in [4.78, 5) is 16.5. The molecular formula is C20H22ClN5OS. The Balaban J connectivity index is 1.66. The number of aromatic nitrogens is 4. The first kappa shape index (κ1) is 20.4. The Kier molecular flexibility index (Phi) is 7.06. The molecule has 8 heteroatoms. The van der Waals surface area contributed by atoms with E-state index in [0.717, 1.165) is 35.1 Å². The second kappa shape index (κ2) is 9.71. The van der Waals surface area contributed by atoms with Crippen molar-refractivity contribution in [2.45, 2.75) is 38.0 Å². The van der Waals surface area contributed by atoms with Gasteiger partial charge < -0.3 is 9.88 Å². The minimum Gasteiger partial charge on any atom is -0.349 e. The van der Waals surface area contributed by atoms with Crippen LogP contribution in [0.3, 0.4) is 0 Å². The summed E-state index contributed by atoms with van der Waals surface area (Å²) in [6.07, 6.45) is 4.41. The lowest BCUT2D eigenvalue weighted by molar-refractivity contribution is -0.119. The summed E-state index contributed by atoms with van der Waals surface area (Å²) >= 11 is 7.59. The van der Waals surface area contributed by atoms with E-state index in [9.17, 15) is 4.79 Å². The minimum atomic E-state index is -0.164. The second-order valence-electron chi connectivity index (χ2n) is 6.29. The van der Waals surface area contributed by atoms with Gasteiger partial charge in [-0.15, -0.1) is 10.2 Å². The molecule has 0 saturated heterocycles. The summed E-state index contributed by atoms with van der Waals surface area (Å²) in [6, 6.07) is 11.2. The van der Waals surface area contributed by atoms with Crippen molar-refractivity contribution in [3.63, 3.8) is 0 Å². The van der Waals surface area contributed by atoms with Gasteiger partial charge in [0, 0.05) is 29.5 Å². The van der Waals surface area contributed by atoms with Crippen molar-refractivity contribution >= 4 is 29.3 Å². The minimum absolute atomic E-state index is 0.0751. The van der Waals surface area contributed by atoms with Crippen LogP contribution in [-0.2, 0) is 11.3 Å². The van der Waals surface area contributed by atoms with Crippen LogP contribution in [0.5, 0.6) is 0 Å². The zero-order valence-electron chi connectivity index (χ0n) is 15.8. The van der Waals surface area contributed by atoms with Gasteiger partial charge in [0.1, 0.15) is 0 Å². The lowest BCUT2D eigenvalue weighted by Gasteiger charge is -2.15. The molecule has 28 heavy (non-hydrogen) atoms. The smallest absolute Gasteiger partial charge is 0.230 e. The van der Waals surface area contributed by atoms with Gasteiger partial charge in [-0.1, -0.05) is 48.5 Å². The molecule has 6 nitrogen and oxygen atoms in total. The van der Waals surface area contributed by atoms with Crippen molar-refractivity contribution in [3.8, 4) is 11.4 Å². The van der Waals surface area contributed by atoms with Gasteiger partial charge in [0.25, 0.3) is 0 Å². The fourth-order valence-electron chi connectivity index (χ4n) is 2.85. The SMILES string of the molecule is CCCn1c(SCC(=O)NC(C)c2ccccc2Cl)nnc1-c1ccncc1. The highest BCUT2D eigenvalue weighted by atomic mass is 35.5. The lowest BCUT2D eigenvalue weighted by Crippen LogP contribution is -2.28. The van der Waals surface area contributed by atoms with Crippen LogP contribution in [-0.4, -0.2) is 31.4 Å². The summed E-state index contributed by atoms with van der Waals surface area (Å²) in [5, 5.41) is 13.0. The highest BCUT2D eigenvalue weighted by Crippen LogP contribution is 2.25. The molecule has 0 aliphatic rings. The fourth-order valence-corrected chi connectivity index (χ4v) is 3.93. The molecule has 1 aromatic carbocycles. The standard InChI is InChI=1S/C20H22ClN5OS/c1-3-12-26-19(15-8-10-22-11-9-15)24-25-20(26)28-13-18(27)23-14(2)16-6-4-5-7-17(16)21/h4-11,14H,3,12-13H2,1-2H3,(H,23,27). The van der Waals surface area contributed by atoms with E-state index in [4.69, 9.17) is 11.6 Å². The molecule has 1 N–H and O–H groups in total. The number of halogens is 1. The number of benzene rings is 1. The molecule has 0 aliphatic carbocycles. The Morgan fingerprint density at radius 1 is 1.21 bits per heavy atom. The van der Waals surface area contributed by atoms with Crippen LogP contribution in [0, 0.1) is 0 Å². The quantitative estimate of drug-likeness (QED) is 0.553. The molecule has 2 heterocycles. The van der Waals surface area contributed by atoms with E-state index in [1.54, 1.807) is 12.4 Å². The summed E-state index contributed by atoms with van der Waals surface area (Å²) in [5.74, 6) is 0.970. The number of pyridine rings is 1. The first-order chi connectivity index (χ1) is 13.6. The highest BCUT2D eigenvalue weighted by Gasteiger charge is 2.17. The fraction of sp³-hybridized carbons (Fsp3) is 0.300. The van der Waals surface area contributed by atoms with Gasteiger partial charge in [-0.25, -0.2) is 0 Å². The number of hydrogen-bond donors (Lipinski definition) is 1. The van der Waals surface area contributed by atoms with E-state index in [2.05, 4.69) is 27.4 Å². The zero-order chi connectivity index (χ0) is 19.9. The van der Waals surface area contributed by atoms with Crippen molar-refractivity contribution in [2.75, 3.05) is 5.75 Å². The largest absolute Gasteiger partial charge is 0.349 e. The summed E-state index contributed by atoms with van der Waals surface area (Å²) in [5.41, 5.74) is 1.86. The molecule has 0 radical (unpaired) electrons. The number of hydrogen-bond acceptors (Lipinski definition) is 5. The average Bonchev–Trinajstić information content (AvgIpc) is 3.10. The van der Waals surface area contributed by atoms with Crippen LogP contribution >= 0.6 is 23.4 Å². The van der Waals surface area contributed by atoms with Crippen LogP contribution in [0.4, 0.5) is 0 Å². The molecule has 0 saturated carbocycles. The van der Waals surface area contributed by atoms with Crippen molar-refractivity contribution in [2.24, 2.45) is 0 Å². The molecule has 0 aliphatic heterocycles. The first-order valence-electron chi connectivity index (χ1n) is 9.10. The molecule has 0 fully saturated rings. The third-order valence-corrected chi connectivity index (χ3v) is 5.50. The van der Waals surface area contributed by atoms with Crippen molar-refractivity contribution in [1.82, 2.24) is 25.1 Å². The van der Waals surface area contributed by atoms with Crippen LogP contribution in [0.2, 0.25) is 5.02 Å². The molecule has 2 aromatic heterocycles. The number of thioether (sulfide) groups is 1. The molecule has 0 bridgehead atoms. The molecule has 1 amide bonds. The zero-order valence-corrected chi connectivity index (χ0v) is 17.4. The maximum absolute atomic E-state index is 12.4. The molecule has 1 atom stereocenters. The van der Waals surface area contributed by atoms with Crippen molar-refractivity contribution in [1.29, 1.82) is 0 Å². The van der Waals surface area contributed by atoms with Gasteiger partial charge in [-0.2, -0.15) is 0 Å². The Morgan fingerprint density at radius 2 is 1.96 bits per heavy atom. The van der Waals surface area contributed by atoms with Gasteiger partial charge in [-0.3, -0.25) is 9.78 Å². The summed E-state index contributed by atoms with van der Waals surface area (Å²) in [6.45, 7) is 4.80. The molecule has 3 aromatic rings. The monoisotopic (exact) mass is 415 g/mol. The Bertz CT molecular complexity index is 931. The van der Waals surface area contributed by atoms with Crippen molar-refractivity contribution < 1.29 is 4.79 Å². The number of amides is 1. The van der Waals surface area contributed by atoms with E-state index in [-0.39, 0.29) is 17.7 Å². The van der Waals surface area contributed by atoms with Gasteiger partial charge in [0.05, 0.1) is 11.8 Å². The van der Waals surface area contributed by atoms with Crippen molar-refractivity contribution in [3.05, 3.63) is 59.4 Å². The third kappa shape index (κ3) is 4.91. The molecule has 1 unspecified atom stereocenters. The van der Waals surface area contributed by atoms with Crippen LogP contribution in [0.25, 0.3) is 11.4 Å². The maximum atomic E-state index is 12.4. The first-order valence-corrected chi connectivity index (χ1v) is 10.5. The van der Waals surface area contributed by atoms with E-state index in [1.165, 1.54) is 11.8 Å². The van der Waals surface area contributed by atoms with E-state index < -0.39 is 0 Å². The van der Waals surface area contributed by atoms with Crippen LogP contribution in [0.1, 0.15) is 31.9 Å². The second-order valence-corrected chi connectivity index (χ2v) is 7.64. The van der Waals surface area contributed by atoms with Crippen LogP contribution < -0.4 is 5.32 Å². The summed E-state index contributed by atoms with van der Waals surface area (Å²) < 4.78 is 2.05. The maximum Gasteiger partial charge on any atom is 0.230 e. The Hall–Kier alpha value is -2.38. The van der Waals surface area contributed by atoms with E-state index in [0.29, 0.717) is 5.02 Å². The van der Waals surface area contributed by atoms with Gasteiger partial charge in [0.15, 0.2) is 11.0 Å². The van der Waals surface area contributed by atoms with E-state index >= 15 is 0 Å². The van der Waals surface area contributed by atoms with E-state index in [1.807, 2.05) is 47.9 Å². The molecule has 0 spiro atoms. The van der Waals surface area contributed by atoms with Gasteiger partial charge in [-0.05, 0) is 37.1 Å². The number of rotatable bonds is 8. The number of carbonyl (C=O) groups is 1. The number of carbonyl (C=O) groups excluding carboxylic acids is 1. The normalized spacial score (nSPS) is 12.0. The Morgan fingerprint density at radius 3 is 2.68 bits per heavy atom. The Labute approximate surface area is 173 Å². The number of nitrogens with one attached hydrogen (secondary N) is 1. The highest BCUT2D eigenvalue weighted by molar-refractivity contribution is 7.99. The van der Waals surface area contributed by atoms with Gasteiger partial charge >= 0.3 is 0 Å². The third-order valence-electron chi connectivity index (χ3n) is 4.18. The predicted molar refractivity (Wildman–Crippen MR) is 112 cm³/mol. The average molecular weight is 416 g/mol. The molecule has 146 valence electrons. The predicted octanol–water partition coefficient (Wildman–Crippen LogP) is 4.37. The topological polar surface area (TPSA) is 72.7 Å².